The standard InChI is InChI=1S/C24H23N7/c1-2-6-31(7-3-1)15-16-8-18(12-26-11-16)20-10-19-23(14-27-20)29-30-24(19)21-9-17-4-5-25-13-22(17)28-21/h4-5,8-14,28H,1-3,6-7,15H2,(H,29,30). The van der Waals surface area contributed by atoms with Gasteiger partial charge in [0, 0.05) is 41.5 Å². The number of aromatic nitrogens is 6. The topological polar surface area (TPSA) is 86.4 Å². The summed E-state index contributed by atoms with van der Waals surface area (Å²) in [6, 6.07) is 8.41. The van der Waals surface area contributed by atoms with Crippen LogP contribution < -0.4 is 0 Å². The Kier molecular flexibility index (Phi) is 4.46. The molecule has 7 nitrogen and oxygen atoms in total. The van der Waals surface area contributed by atoms with E-state index in [9.17, 15) is 0 Å². The average molecular weight is 409 g/mol. The van der Waals surface area contributed by atoms with Crippen LogP contribution in [0.2, 0.25) is 0 Å². The van der Waals surface area contributed by atoms with E-state index in [1.54, 1.807) is 6.20 Å². The van der Waals surface area contributed by atoms with Crippen LogP contribution in [-0.2, 0) is 6.54 Å². The predicted octanol–water partition coefficient (Wildman–Crippen LogP) is 4.55. The van der Waals surface area contributed by atoms with Crippen LogP contribution in [-0.4, -0.2) is 48.1 Å². The predicted molar refractivity (Wildman–Crippen MR) is 121 cm³/mol. The lowest BCUT2D eigenvalue weighted by Crippen LogP contribution is -2.29. The molecule has 5 aromatic rings. The van der Waals surface area contributed by atoms with Gasteiger partial charge in [-0.3, -0.25) is 25.0 Å². The fourth-order valence-corrected chi connectivity index (χ4v) is 4.47. The van der Waals surface area contributed by atoms with Crippen molar-refractivity contribution in [2.24, 2.45) is 0 Å². The van der Waals surface area contributed by atoms with E-state index in [4.69, 9.17) is 0 Å². The molecule has 2 N–H and O–H groups in total. The van der Waals surface area contributed by atoms with E-state index in [0.29, 0.717) is 0 Å². The van der Waals surface area contributed by atoms with Gasteiger partial charge in [0.25, 0.3) is 0 Å². The van der Waals surface area contributed by atoms with Gasteiger partial charge < -0.3 is 4.98 Å². The van der Waals surface area contributed by atoms with Crippen LogP contribution in [0.15, 0.2) is 55.2 Å². The lowest BCUT2D eigenvalue weighted by Gasteiger charge is -2.26. The summed E-state index contributed by atoms with van der Waals surface area (Å²) in [7, 11) is 0. The molecule has 0 bridgehead atoms. The molecular formula is C24H23N7. The van der Waals surface area contributed by atoms with Gasteiger partial charge in [0.15, 0.2) is 0 Å². The van der Waals surface area contributed by atoms with Gasteiger partial charge in [-0.05, 0) is 55.8 Å². The lowest BCUT2D eigenvalue weighted by molar-refractivity contribution is 0.220. The number of H-pyrrole nitrogens is 2. The van der Waals surface area contributed by atoms with Gasteiger partial charge in [-0.1, -0.05) is 6.42 Å². The molecule has 6 rings (SSSR count). The van der Waals surface area contributed by atoms with E-state index in [2.05, 4.69) is 53.2 Å². The summed E-state index contributed by atoms with van der Waals surface area (Å²) in [5.74, 6) is 0. The zero-order valence-electron chi connectivity index (χ0n) is 17.2. The van der Waals surface area contributed by atoms with Crippen molar-refractivity contribution in [1.82, 2.24) is 35.0 Å². The summed E-state index contributed by atoms with van der Waals surface area (Å²) < 4.78 is 0. The molecule has 0 radical (unpaired) electrons. The Morgan fingerprint density at radius 1 is 0.903 bits per heavy atom. The molecule has 0 atom stereocenters. The highest BCUT2D eigenvalue weighted by molar-refractivity contribution is 5.96. The molecule has 31 heavy (non-hydrogen) atoms. The van der Waals surface area contributed by atoms with E-state index in [0.717, 1.165) is 51.0 Å². The summed E-state index contributed by atoms with van der Waals surface area (Å²) in [4.78, 5) is 19.3. The van der Waals surface area contributed by atoms with Gasteiger partial charge in [0.2, 0.25) is 0 Å². The number of nitrogens with one attached hydrogen (secondary N) is 2. The van der Waals surface area contributed by atoms with Crippen molar-refractivity contribution >= 4 is 21.8 Å². The summed E-state index contributed by atoms with van der Waals surface area (Å²) in [5.41, 5.74) is 6.92. The van der Waals surface area contributed by atoms with Crippen molar-refractivity contribution in [3.8, 4) is 22.6 Å². The molecule has 0 aliphatic carbocycles. The number of hydrogen-bond donors (Lipinski definition) is 2. The van der Waals surface area contributed by atoms with Gasteiger partial charge in [0.1, 0.15) is 5.69 Å². The van der Waals surface area contributed by atoms with E-state index < -0.39 is 0 Å². The maximum Gasteiger partial charge on any atom is 0.116 e. The third-order valence-electron chi connectivity index (χ3n) is 6.07. The molecule has 0 saturated carbocycles. The van der Waals surface area contributed by atoms with Crippen molar-refractivity contribution in [3.63, 3.8) is 0 Å². The average Bonchev–Trinajstić information content (AvgIpc) is 3.43. The SMILES string of the molecule is c1cc2cc(-c3n[nH]c4cnc(-c5cncc(CN6CCCCC6)c5)cc34)[nH]c2cn1. The molecule has 5 aromatic heterocycles. The minimum Gasteiger partial charge on any atom is -0.352 e. The maximum atomic E-state index is 4.67. The van der Waals surface area contributed by atoms with E-state index >= 15 is 0 Å². The fraction of sp³-hybridized carbons (Fsp3) is 0.250. The summed E-state index contributed by atoms with van der Waals surface area (Å²) in [6.07, 6.45) is 13.3. The minimum absolute atomic E-state index is 0.882. The third-order valence-corrected chi connectivity index (χ3v) is 6.07. The first-order valence-corrected chi connectivity index (χ1v) is 10.8. The maximum absolute atomic E-state index is 4.67. The second-order valence-corrected chi connectivity index (χ2v) is 8.25. The number of rotatable bonds is 4. The summed E-state index contributed by atoms with van der Waals surface area (Å²) >= 11 is 0. The lowest BCUT2D eigenvalue weighted by atomic mass is 10.1. The van der Waals surface area contributed by atoms with Crippen molar-refractivity contribution < 1.29 is 0 Å². The van der Waals surface area contributed by atoms with Crippen molar-refractivity contribution in [1.29, 1.82) is 0 Å². The Morgan fingerprint density at radius 2 is 1.84 bits per heavy atom. The first-order chi connectivity index (χ1) is 15.3. The smallest absolute Gasteiger partial charge is 0.116 e. The molecule has 1 aliphatic heterocycles. The number of piperidine rings is 1. The van der Waals surface area contributed by atoms with Crippen LogP contribution in [0.3, 0.4) is 0 Å². The number of aromatic amines is 2. The molecule has 0 unspecified atom stereocenters. The largest absolute Gasteiger partial charge is 0.352 e. The van der Waals surface area contributed by atoms with Gasteiger partial charge in [-0.2, -0.15) is 5.10 Å². The first-order valence-electron chi connectivity index (χ1n) is 10.8. The Hall–Kier alpha value is -3.58. The van der Waals surface area contributed by atoms with Gasteiger partial charge in [0.05, 0.1) is 34.8 Å². The highest BCUT2D eigenvalue weighted by atomic mass is 15.1. The molecule has 1 saturated heterocycles. The number of hydrogen-bond acceptors (Lipinski definition) is 5. The zero-order chi connectivity index (χ0) is 20.6. The molecule has 1 aliphatic rings. The Morgan fingerprint density at radius 3 is 2.74 bits per heavy atom. The van der Waals surface area contributed by atoms with E-state index in [1.165, 1.54) is 37.9 Å². The van der Waals surface area contributed by atoms with Gasteiger partial charge >= 0.3 is 0 Å². The van der Waals surface area contributed by atoms with Gasteiger partial charge in [-0.25, -0.2) is 0 Å². The van der Waals surface area contributed by atoms with E-state index in [1.807, 2.05) is 30.9 Å². The van der Waals surface area contributed by atoms with Crippen molar-refractivity contribution in [2.75, 3.05) is 13.1 Å². The monoisotopic (exact) mass is 409 g/mol. The molecule has 0 aromatic carbocycles. The second kappa shape index (κ2) is 7.59. The van der Waals surface area contributed by atoms with Gasteiger partial charge in [-0.15, -0.1) is 0 Å². The molecule has 6 heterocycles. The molecule has 0 spiro atoms. The highest BCUT2D eigenvalue weighted by Gasteiger charge is 2.14. The van der Waals surface area contributed by atoms with Crippen molar-refractivity contribution in [3.05, 3.63) is 60.8 Å². The van der Waals surface area contributed by atoms with Crippen LogP contribution >= 0.6 is 0 Å². The first kappa shape index (κ1) is 18.2. The van der Waals surface area contributed by atoms with Crippen molar-refractivity contribution in [2.45, 2.75) is 25.8 Å². The summed E-state index contributed by atoms with van der Waals surface area (Å²) in [5, 5.41) is 9.81. The third kappa shape index (κ3) is 3.47. The zero-order valence-corrected chi connectivity index (χ0v) is 17.2. The fourth-order valence-electron chi connectivity index (χ4n) is 4.47. The quantitative estimate of drug-likeness (QED) is 0.455. The highest BCUT2D eigenvalue weighted by Crippen LogP contribution is 2.30. The van der Waals surface area contributed by atoms with Crippen LogP contribution in [0.4, 0.5) is 0 Å². The normalized spacial score (nSPS) is 15.1. The number of fused-ring (bicyclic) bond motifs is 2. The second-order valence-electron chi connectivity index (χ2n) is 8.25. The molecule has 7 heteroatoms. The molecular weight excluding hydrogens is 386 g/mol. The minimum atomic E-state index is 0.882. The molecule has 154 valence electrons. The Bertz CT molecular complexity index is 1330. The van der Waals surface area contributed by atoms with Crippen LogP contribution in [0.1, 0.15) is 24.8 Å². The number of likely N-dealkylation sites (tertiary alicyclic amines) is 1. The molecule has 1 fully saturated rings. The Balaban J connectivity index is 1.36. The van der Waals surface area contributed by atoms with Crippen LogP contribution in [0.25, 0.3) is 44.5 Å². The molecule has 0 amide bonds. The van der Waals surface area contributed by atoms with E-state index in [-0.39, 0.29) is 0 Å². The number of nitrogens with zero attached hydrogens (tertiary/aromatic N) is 5. The van der Waals surface area contributed by atoms with Crippen LogP contribution in [0, 0.1) is 0 Å². The number of pyridine rings is 3. The Labute approximate surface area is 179 Å². The van der Waals surface area contributed by atoms with Crippen LogP contribution in [0.5, 0.6) is 0 Å². The summed E-state index contributed by atoms with van der Waals surface area (Å²) in [6.45, 7) is 3.29.